The van der Waals surface area contributed by atoms with Crippen molar-refractivity contribution in [2.45, 2.75) is 17.2 Å². The molecule has 1 aromatic heterocycles. The number of rotatable bonds is 4. The van der Waals surface area contributed by atoms with Crippen LogP contribution in [0.4, 0.5) is 0 Å². The molecule has 0 aliphatic rings. The van der Waals surface area contributed by atoms with E-state index in [1.165, 1.54) is 11.8 Å². The fourth-order valence-corrected chi connectivity index (χ4v) is 2.60. The van der Waals surface area contributed by atoms with E-state index < -0.39 is 0 Å². The molecular formula is C14H12BrNOS. The molecule has 0 bridgehead atoms. The van der Waals surface area contributed by atoms with Crippen LogP contribution in [0.15, 0.2) is 58.2 Å². The summed E-state index contributed by atoms with van der Waals surface area (Å²) in [5.74, 6) is 0.130. The van der Waals surface area contributed by atoms with Crippen molar-refractivity contribution in [2.24, 2.45) is 0 Å². The first kappa shape index (κ1) is 13.3. The lowest BCUT2D eigenvalue weighted by Crippen LogP contribution is -2.13. The Balaban J connectivity index is 2.06. The van der Waals surface area contributed by atoms with Crippen LogP contribution in [0, 0.1) is 0 Å². The second-order valence-electron chi connectivity index (χ2n) is 3.81. The second kappa shape index (κ2) is 6.16. The zero-order valence-corrected chi connectivity index (χ0v) is 12.2. The molecule has 0 saturated carbocycles. The summed E-state index contributed by atoms with van der Waals surface area (Å²) >= 11 is 4.81. The first-order chi connectivity index (χ1) is 8.66. The predicted octanol–water partition coefficient (Wildman–Crippen LogP) is 4.21. The van der Waals surface area contributed by atoms with Crippen molar-refractivity contribution in [3.05, 3.63) is 58.7 Å². The molecule has 0 N–H and O–H groups in total. The number of hydrogen-bond donors (Lipinski definition) is 0. The van der Waals surface area contributed by atoms with Crippen LogP contribution in [-0.4, -0.2) is 16.0 Å². The normalized spacial score (nSPS) is 12.1. The quantitative estimate of drug-likeness (QED) is 0.624. The van der Waals surface area contributed by atoms with Crippen molar-refractivity contribution in [3.63, 3.8) is 0 Å². The third-order valence-electron chi connectivity index (χ3n) is 2.43. The van der Waals surface area contributed by atoms with E-state index in [0.717, 1.165) is 15.1 Å². The maximum Gasteiger partial charge on any atom is 0.175 e. The summed E-state index contributed by atoms with van der Waals surface area (Å²) in [6.45, 7) is 1.91. The van der Waals surface area contributed by atoms with E-state index in [9.17, 15) is 4.79 Å². The van der Waals surface area contributed by atoms with E-state index in [-0.39, 0.29) is 11.0 Å². The highest BCUT2D eigenvalue weighted by Gasteiger charge is 2.16. The summed E-state index contributed by atoms with van der Waals surface area (Å²) in [5, 5.41) is 0.719. The summed E-state index contributed by atoms with van der Waals surface area (Å²) in [5.41, 5.74) is 0.745. The third-order valence-corrected chi connectivity index (χ3v) is 3.95. The number of hydrogen-bond acceptors (Lipinski definition) is 3. The molecule has 0 spiro atoms. The van der Waals surface area contributed by atoms with Gasteiger partial charge in [0.15, 0.2) is 5.78 Å². The van der Waals surface area contributed by atoms with Crippen LogP contribution in [0.1, 0.15) is 17.3 Å². The lowest BCUT2D eigenvalue weighted by Gasteiger charge is -2.09. The molecule has 18 heavy (non-hydrogen) atoms. The van der Waals surface area contributed by atoms with Gasteiger partial charge in [-0.05, 0) is 35.0 Å². The average Bonchev–Trinajstić information content (AvgIpc) is 2.41. The number of Topliss-reactive ketones (excluding diaryl/α,β-unsaturated/α-hetero) is 1. The lowest BCUT2D eigenvalue weighted by molar-refractivity contribution is 0.0994. The summed E-state index contributed by atoms with van der Waals surface area (Å²) in [6.07, 6.45) is 1.74. The first-order valence-corrected chi connectivity index (χ1v) is 7.21. The number of thioether (sulfide) groups is 1. The van der Waals surface area contributed by atoms with Crippen LogP contribution in [0.25, 0.3) is 0 Å². The van der Waals surface area contributed by atoms with Gasteiger partial charge in [-0.3, -0.25) is 4.79 Å². The van der Waals surface area contributed by atoms with Gasteiger partial charge in [0.1, 0.15) is 0 Å². The minimum Gasteiger partial charge on any atom is -0.293 e. The van der Waals surface area contributed by atoms with Gasteiger partial charge >= 0.3 is 0 Å². The standard InChI is InChI=1S/C14H12BrNOS/c1-10(14(17)11-5-3-2-4-6-11)18-13-8-7-12(15)9-16-13/h2-10H,1H3. The Bertz CT molecular complexity index is 527. The highest BCUT2D eigenvalue weighted by Crippen LogP contribution is 2.24. The topological polar surface area (TPSA) is 30.0 Å². The molecule has 0 amide bonds. The van der Waals surface area contributed by atoms with Crippen molar-refractivity contribution < 1.29 is 4.79 Å². The summed E-state index contributed by atoms with van der Waals surface area (Å²) in [7, 11) is 0. The largest absolute Gasteiger partial charge is 0.293 e. The number of halogens is 1. The number of ketones is 1. The first-order valence-electron chi connectivity index (χ1n) is 5.54. The van der Waals surface area contributed by atoms with E-state index in [1.807, 2.05) is 49.4 Å². The Morgan fingerprint density at radius 2 is 1.94 bits per heavy atom. The van der Waals surface area contributed by atoms with Crippen molar-refractivity contribution >= 4 is 33.5 Å². The van der Waals surface area contributed by atoms with Crippen molar-refractivity contribution in [1.29, 1.82) is 0 Å². The molecule has 0 radical (unpaired) electrons. The van der Waals surface area contributed by atoms with Gasteiger partial charge in [0.25, 0.3) is 0 Å². The van der Waals surface area contributed by atoms with Gasteiger partial charge in [-0.25, -0.2) is 4.98 Å². The fourth-order valence-electron chi connectivity index (χ4n) is 1.50. The number of benzene rings is 1. The zero-order chi connectivity index (χ0) is 13.0. The molecule has 0 saturated heterocycles. The van der Waals surface area contributed by atoms with Crippen LogP contribution in [0.3, 0.4) is 0 Å². The molecule has 92 valence electrons. The Kier molecular flexibility index (Phi) is 4.55. The Morgan fingerprint density at radius 3 is 2.56 bits per heavy atom. The van der Waals surface area contributed by atoms with E-state index >= 15 is 0 Å². The minimum atomic E-state index is -0.138. The summed E-state index contributed by atoms with van der Waals surface area (Å²) < 4.78 is 0.939. The summed E-state index contributed by atoms with van der Waals surface area (Å²) in [4.78, 5) is 16.4. The van der Waals surface area contributed by atoms with Gasteiger partial charge in [-0.15, -0.1) is 0 Å². The average molecular weight is 322 g/mol. The molecule has 2 rings (SSSR count). The van der Waals surface area contributed by atoms with Crippen LogP contribution >= 0.6 is 27.7 Å². The lowest BCUT2D eigenvalue weighted by atomic mass is 10.1. The van der Waals surface area contributed by atoms with Gasteiger partial charge in [-0.2, -0.15) is 0 Å². The van der Waals surface area contributed by atoms with Gasteiger partial charge in [0.05, 0.1) is 10.3 Å². The maximum atomic E-state index is 12.2. The van der Waals surface area contributed by atoms with E-state index in [1.54, 1.807) is 6.20 Å². The van der Waals surface area contributed by atoms with Gasteiger partial charge in [-0.1, -0.05) is 42.1 Å². The fraction of sp³-hybridized carbons (Fsp3) is 0.143. The van der Waals surface area contributed by atoms with Crippen LogP contribution < -0.4 is 0 Å². The van der Waals surface area contributed by atoms with Crippen molar-refractivity contribution in [1.82, 2.24) is 4.98 Å². The Morgan fingerprint density at radius 1 is 1.22 bits per heavy atom. The minimum absolute atomic E-state index is 0.130. The third kappa shape index (κ3) is 3.43. The highest BCUT2D eigenvalue weighted by atomic mass is 79.9. The number of nitrogens with zero attached hydrogens (tertiary/aromatic N) is 1. The molecule has 0 aliphatic heterocycles. The van der Waals surface area contributed by atoms with Crippen molar-refractivity contribution in [3.8, 4) is 0 Å². The molecule has 1 heterocycles. The van der Waals surface area contributed by atoms with E-state index in [4.69, 9.17) is 0 Å². The molecule has 4 heteroatoms. The molecule has 0 fully saturated rings. The van der Waals surface area contributed by atoms with Gasteiger partial charge < -0.3 is 0 Å². The number of aromatic nitrogens is 1. The van der Waals surface area contributed by atoms with E-state index in [2.05, 4.69) is 20.9 Å². The summed E-state index contributed by atoms with van der Waals surface area (Å²) in [6, 6.07) is 13.2. The molecule has 1 aromatic carbocycles. The SMILES string of the molecule is CC(Sc1ccc(Br)cn1)C(=O)c1ccccc1. The maximum absolute atomic E-state index is 12.2. The Labute approximate surface area is 119 Å². The van der Waals surface area contributed by atoms with Crippen LogP contribution in [-0.2, 0) is 0 Å². The monoisotopic (exact) mass is 321 g/mol. The second-order valence-corrected chi connectivity index (χ2v) is 6.08. The molecule has 2 aromatic rings. The molecule has 0 aliphatic carbocycles. The smallest absolute Gasteiger partial charge is 0.175 e. The van der Waals surface area contributed by atoms with Crippen LogP contribution in [0.5, 0.6) is 0 Å². The number of carbonyl (C=O) groups excluding carboxylic acids is 1. The van der Waals surface area contributed by atoms with E-state index in [0.29, 0.717) is 0 Å². The van der Waals surface area contributed by atoms with Gasteiger partial charge in [0.2, 0.25) is 0 Å². The number of pyridine rings is 1. The Hall–Kier alpha value is -1.13. The van der Waals surface area contributed by atoms with Crippen molar-refractivity contribution in [2.75, 3.05) is 0 Å². The number of carbonyl (C=O) groups is 1. The van der Waals surface area contributed by atoms with Gasteiger partial charge in [0, 0.05) is 16.2 Å². The zero-order valence-electron chi connectivity index (χ0n) is 9.84. The molecule has 2 nitrogen and oxygen atoms in total. The highest BCUT2D eigenvalue weighted by molar-refractivity contribution is 9.10. The predicted molar refractivity (Wildman–Crippen MR) is 78.0 cm³/mol. The molecule has 1 atom stereocenters. The molecular weight excluding hydrogens is 310 g/mol. The molecule has 1 unspecified atom stereocenters. The van der Waals surface area contributed by atoms with Crippen LogP contribution in [0.2, 0.25) is 0 Å².